The van der Waals surface area contributed by atoms with Crippen molar-refractivity contribution in [3.05, 3.63) is 28.0 Å². The van der Waals surface area contributed by atoms with Gasteiger partial charge in [-0.1, -0.05) is 11.6 Å². The van der Waals surface area contributed by atoms with Crippen LogP contribution in [0.5, 0.6) is 5.75 Å². The van der Waals surface area contributed by atoms with E-state index >= 15 is 0 Å². The number of phenols is 1. The molecule has 2 nitrogen and oxygen atoms in total. The number of aromatic hydroxyl groups is 1. The summed E-state index contributed by atoms with van der Waals surface area (Å²) in [5.74, 6) is -0.418. The van der Waals surface area contributed by atoms with Gasteiger partial charge in [-0.25, -0.2) is 4.39 Å². The van der Waals surface area contributed by atoms with E-state index in [-0.39, 0.29) is 16.6 Å². The third-order valence-electron chi connectivity index (χ3n) is 2.21. The number of hydrogen-bond donors (Lipinski definition) is 2. The van der Waals surface area contributed by atoms with E-state index in [1.54, 1.807) is 6.92 Å². The molecule has 0 fully saturated rings. The van der Waals surface area contributed by atoms with Gasteiger partial charge in [-0.15, -0.1) is 0 Å². The summed E-state index contributed by atoms with van der Waals surface area (Å²) in [7, 11) is 0. The van der Waals surface area contributed by atoms with Crippen molar-refractivity contribution in [2.75, 3.05) is 6.54 Å². The summed E-state index contributed by atoms with van der Waals surface area (Å²) < 4.78 is 13.2. The first kappa shape index (κ1) is 11.3. The molecule has 0 aliphatic carbocycles. The second kappa shape index (κ2) is 4.62. The van der Waals surface area contributed by atoms with Gasteiger partial charge in [0.05, 0.1) is 5.02 Å². The van der Waals surface area contributed by atoms with Crippen LogP contribution in [0.25, 0.3) is 0 Å². The molecular weight excluding hydrogens is 205 g/mol. The average Bonchev–Trinajstić information content (AvgIpc) is 2.15. The van der Waals surface area contributed by atoms with Crippen molar-refractivity contribution in [1.29, 1.82) is 0 Å². The Morgan fingerprint density at radius 2 is 2.21 bits per heavy atom. The number of halogens is 2. The molecule has 0 spiro atoms. The van der Waals surface area contributed by atoms with Crippen molar-refractivity contribution in [2.24, 2.45) is 5.73 Å². The zero-order chi connectivity index (χ0) is 10.7. The topological polar surface area (TPSA) is 46.2 Å². The van der Waals surface area contributed by atoms with Crippen molar-refractivity contribution in [2.45, 2.75) is 19.8 Å². The molecule has 0 saturated heterocycles. The molecule has 0 heterocycles. The van der Waals surface area contributed by atoms with Crippen LogP contribution in [0, 0.1) is 12.7 Å². The largest absolute Gasteiger partial charge is 0.506 e. The molecule has 78 valence electrons. The molecule has 0 atom stereocenters. The van der Waals surface area contributed by atoms with Gasteiger partial charge in [0.1, 0.15) is 11.6 Å². The zero-order valence-electron chi connectivity index (χ0n) is 7.98. The van der Waals surface area contributed by atoms with Crippen LogP contribution in [0.2, 0.25) is 5.02 Å². The molecule has 3 N–H and O–H groups in total. The first-order chi connectivity index (χ1) is 6.57. The van der Waals surface area contributed by atoms with Gasteiger partial charge in [-0.2, -0.15) is 0 Å². The maximum atomic E-state index is 13.2. The highest BCUT2D eigenvalue weighted by molar-refractivity contribution is 6.32. The van der Waals surface area contributed by atoms with Crippen LogP contribution in [0.4, 0.5) is 4.39 Å². The summed E-state index contributed by atoms with van der Waals surface area (Å²) in [5.41, 5.74) is 6.34. The Labute approximate surface area is 87.5 Å². The van der Waals surface area contributed by atoms with Crippen LogP contribution in [-0.4, -0.2) is 11.7 Å². The molecule has 0 saturated carbocycles. The number of phenolic OH excluding ortho intramolecular Hbond substituents is 1. The maximum absolute atomic E-state index is 13.2. The van der Waals surface area contributed by atoms with Crippen LogP contribution in [-0.2, 0) is 6.42 Å². The highest BCUT2D eigenvalue weighted by Gasteiger charge is 2.13. The lowest BCUT2D eigenvalue weighted by atomic mass is 10.0. The molecule has 4 heteroatoms. The van der Waals surface area contributed by atoms with Gasteiger partial charge in [0.2, 0.25) is 0 Å². The quantitative estimate of drug-likeness (QED) is 0.817. The lowest BCUT2D eigenvalue weighted by Gasteiger charge is -2.10. The van der Waals surface area contributed by atoms with E-state index in [0.29, 0.717) is 30.5 Å². The molecule has 0 amide bonds. The fourth-order valence-corrected chi connectivity index (χ4v) is 1.55. The van der Waals surface area contributed by atoms with Crippen molar-refractivity contribution in [3.8, 4) is 5.75 Å². The first-order valence-electron chi connectivity index (χ1n) is 4.44. The fraction of sp³-hybridized carbons (Fsp3) is 0.400. The van der Waals surface area contributed by atoms with Gasteiger partial charge in [-0.3, -0.25) is 0 Å². The number of benzene rings is 1. The lowest BCUT2D eigenvalue weighted by molar-refractivity contribution is 0.463. The minimum Gasteiger partial charge on any atom is -0.506 e. The molecule has 0 aliphatic heterocycles. The van der Waals surface area contributed by atoms with E-state index in [0.717, 1.165) is 6.07 Å². The van der Waals surface area contributed by atoms with Crippen LogP contribution in [0.15, 0.2) is 6.07 Å². The summed E-state index contributed by atoms with van der Waals surface area (Å²) in [5, 5.41) is 9.65. The fourth-order valence-electron chi connectivity index (χ4n) is 1.34. The minimum atomic E-state index is -0.389. The minimum absolute atomic E-state index is 0.0287. The predicted octanol–water partition coefficient (Wildman–Crippen LogP) is 2.38. The standard InChI is InChI=1S/C10H13ClFNO/c1-6-7(3-2-4-13)10(14)8(11)5-9(6)12/h5,14H,2-4,13H2,1H3. The average molecular weight is 218 g/mol. The monoisotopic (exact) mass is 217 g/mol. The summed E-state index contributed by atoms with van der Waals surface area (Å²) in [4.78, 5) is 0. The first-order valence-corrected chi connectivity index (χ1v) is 4.82. The van der Waals surface area contributed by atoms with E-state index < -0.39 is 0 Å². The molecule has 0 aromatic heterocycles. The van der Waals surface area contributed by atoms with Gasteiger partial charge < -0.3 is 10.8 Å². The Morgan fingerprint density at radius 3 is 2.79 bits per heavy atom. The summed E-state index contributed by atoms with van der Waals surface area (Å²) in [6.45, 7) is 2.13. The van der Waals surface area contributed by atoms with E-state index in [9.17, 15) is 9.50 Å². The molecule has 0 unspecified atom stereocenters. The Balaban J connectivity index is 3.11. The smallest absolute Gasteiger partial charge is 0.137 e. The molecule has 14 heavy (non-hydrogen) atoms. The number of hydrogen-bond acceptors (Lipinski definition) is 2. The van der Waals surface area contributed by atoms with E-state index in [4.69, 9.17) is 17.3 Å². The van der Waals surface area contributed by atoms with Crippen molar-refractivity contribution in [3.63, 3.8) is 0 Å². The van der Waals surface area contributed by atoms with Crippen LogP contribution >= 0.6 is 11.6 Å². The van der Waals surface area contributed by atoms with Gasteiger partial charge in [0.15, 0.2) is 0 Å². The normalized spacial score (nSPS) is 10.6. The number of rotatable bonds is 3. The second-order valence-corrected chi connectivity index (χ2v) is 3.59. The van der Waals surface area contributed by atoms with E-state index in [2.05, 4.69) is 0 Å². The predicted molar refractivity (Wildman–Crippen MR) is 55.2 cm³/mol. The van der Waals surface area contributed by atoms with E-state index in [1.165, 1.54) is 0 Å². The molecular formula is C10H13ClFNO. The maximum Gasteiger partial charge on any atom is 0.137 e. The Morgan fingerprint density at radius 1 is 1.57 bits per heavy atom. The van der Waals surface area contributed by atoms with Crippen LogP contribution in [0.3, 0.4) is 0 Å². The lowest BCUT2D eigenvalue weighted by Crippen LogP contribution is -2.02. The Bertz CT molecular complexity index is 315. The highest BCUT2D eigenvalue weighted by atomic mass is 35.5. The molecule has 0 bridgehead atoms. The SMILES string of the molecule is Cc1c(F)cc(Cl)c(O)c1CCCN. The molecule has 1 aromatic rings. The van der Waals surface area contributed by atoms with Crippen molar-refractivity contribution < 1.29 is 9.50 Å². The molecule has 0 radical (unpaired) electrons. The summed E-state index contributed by atoms with van der Waals surface area (Å²) in [6.07, 6.45) is 1.25. The van der Waals surface area contributed by atoms with Gasteiger partial charge in [-0.05, 0) is 37.9 Å². The van der Waals surface area contributed by atoms with E-state index in [1.807, 2.05) is 0 Å². The molecule has 1 rings (SSSR count). The Kier molecular flexibility index (Phi) is 3.72. The second-order valence-electron chi connectivity index (χ2n) is 3.18. The van der Waals surface area contributed by atoms with Crippen LogP contribution in [0.1, 0.15) is 17.5 Å². The highest BCUT2D eigenvalue weighted by Crippen LogP contribution is 2.32. The zero-order valence-corrected chi connectivity index (χ0v) is 8.74. The van der Waals surface area contributed by atoms with Crippen molar-refractivity contribution >= 4 is 11.6 Å². The Hall–Kier alpha value is -0.800. The van der Waals surface area contributed by atoms with Crippen molar-refractivity contribution in [1.82, 2.24) is 0 Å². The van der Waals surface area contributed by atoms with Gasteiger partial charge in [0, 0.05) is 5.56 Å². The van der Waals surface area contributed by atoms with Crippen LogP contribution < -0.4 is 5.73 Å². The molecule has 1 aromatic carbocycles. The number of nitrogens with two attached hydrogens (primary N) is 1. The third kappa shape index (κ3) is 2.16. The van der Waals surface area contributed by atoms with Gasteiger partial charge >= 0.3 is 0 Å². The van der Waals surface area contributed by atoms with Gasteiger partial charge in [0.25, 0.3) is 0 Å². The summed E-state index contributed by atoms with van der Waals surface area (Å²) >= 11 is 5.65. The third-order valence-corrected chi connectivity index (χ3v) is 2.50. The molecule has 0 aliphatic rings. The summed E-state index contributed by atoms with van der Waals surface area (Å²) in [6, 6.07) is 1.12.